The van der Waals surface area contributed by atoms with Gasteiger partial charge in [0.2, 0.25) is 0 Å². The van der Waals surface area contributed by atoms with E-state index in [2.05, 4.69) is 5.10 Å². The Bertz CT molecular complexity index is 998. The lowest BCUT2D eigenvalue weighted by Crippen LogP contribution is -2.35. The molecular formula is C20H23F2N5O3S. The smallest absolute Gasteiger partial charge is 0.265 e. The fourth-order valence-electron chi connectivity index (χ4n) is 3.92. The number of benzene rings is 1. The first-order chi connectivity index (χ1) is 14.8. The molecule has 1 aromatic carbocycles. The standard InChI is InChI=1S/C20H23F2N5O3S/c1-26-18(16-6-5-12(23)15(28)8-30-16)13(7-25-26)27-14(19(24)29)9-31-20(27)17-10(21)3-2-4-11(17)22/h2-4,7,9,12,15-16,20,28H,5-6,8,23H2,1H3,(H2,24,29)/t12-,15+,16+,20?/m0/s1. The van der Waals surface area contributed by atoms with Crippen LogP contribution < -0.4 is 16.4 Å². The SMILES string of the molecule is Cn1ncc(N2C(C(N)=O)=CSC2c2c(F)cccc2F)c1[C@H]1CC[C@H](N)[C@H](O)CO1. The van der Waals surface area contributed by atoms with E-state index in [9.17, 15) is 18.7 Å². The number of nitrogens with two attached hydrogens (primary N) is 2. The Labute approximate surface area is 181 Å². The summed E-state index contributed by atoms with van der Waals surface area (Å²) in [6, 6.07) is 3.19. The summed E-state index contributed by atoms with van der Waals surface area (Å²) in [4.78, 5) is 13.7. The molecule has 1 saturated heterocycles. The van der Waals surface area contributed by atoms with E-state index in [1.165, 1.54) is 34.7 Å². The first-order valence-corrected chi connectivity index (χ1v) is 10.7. The number of hydrogen-bond acceptors (Lipinski definition) is 7. The van der Waals surface area contributed by atoms with E-state index < -0.39 is 41.2 Å². The van der Waals surface area contributed by atoms with Crippen LogP contribution in [0.1, 0.15) is 35.6 Å². The molecule has 1 aromatic heterocycles. The van der Waals surface area contributed by atoms with Crippen molar-refractivity contribution in [1.82, 2.24) is 9.78 Å². The Balaban J connectivity index is 1.79. The number of nitrogens with zero attached hydrogens (tertiary/aromatic N) is 3. The predicted octanol–water partition coefficient (Wildman–Crippen LogP) is 1.82. The lowest BCUT2D eigenvalue weighted by molar-refractivity contribution is -0.114. The molecule has 31 heavy (non-hydrogen) atoms. The summed E-state index contributed by atoms with van der Waals surface area (Å²) in [6.07, 6.45) is 1.23. The van der Waals surface area contributed by atoms with Crippen molar-refractivity contribution in [3.8, 4) is 0 Å². The van der Waals surface area contributed by atoms with Crippen LogP contribution >= 0.6 is 11.8 Å². The Hall–Kier alpha value is -2.47. The molecule has 2 aliphatic rings. The number of primary amides is 1. The number of halogens is 2. The number of anilines is 1. The summed E-state index contributed by atoms with van der Waals surface area (Å²) < 4.78 is 36.7. The predicted molar refractivity (Wildman–Crippen MR) is 112 cm³/mol. The highest BCUT2D eigenvalue weighted by atomic mass is 32.2. The van der Waals surface area contributed by atoms with E-state index in [1.54, 1.807) is 11.7 Å². The molecule has 3 heterocycles. The van der Waals surface area contributed by atoms with Crippen LogP contribution in [0.15, 0.2) is 35.5 Å². The van der Waals surface area contributed by atoms with Gasteiger partial charge in [0, 0.05) is 18.5 Å². The maximum absolute atomic E-state index is 14.6. The van der Waals surface area contributed by atoms with E-state index in [4.69, 9.17) is 16.2 Å². The van der Waals surface area contributed by atoms with Gasteiger partial charge in [-0.05, 0) is 25.0 Å². The van der Waals surface area contributed by atoms with Gasteiger partial charge in [-0.3, -0.25) is 9.48 Å². The van der Waals surface area contributed by atoms with Gasteiger partial charge < -0.3 is 26.2 Å². The van der Waals surface area contributed by atoms with E-state index in [1.807, 2.05) is 0 Å². The molecule has 4 atom stereocenters. The van der Waals surface area contributed by atoms with Crippen LogP contribution in [0.2, 0.25) is 0 Å². The zero-order chi connectivity index (χ0) is 22.3. The van der Waals surface area contributed by atoms with Crippen molar-refractivity contribution in [3.63, 3.8) is 0 Å². The van der Waals surface area contributed by atoms with E-state index >= 15 is 0 Å². The second kappa shape index (κ2) is 8.58. The monoisotopic (exact) mass is 451 g/mol. The van der Waals surface area contributed by atoms with Crippen LogP contribution in [0.5, 0.6) is 0 Å². The lowest BCUT2D eigenvalue weighted by Gasteiger charge is -2.30. The molecule has 1 unspecified atom stereocenters. The van der Waals surface area contributed by atoms with E-state index in [0.717, 1.165) is 11.8 Å². The highest BCUT2D eigenvalue weighted by molar-refractivity contribution is 8.02. The van der Waals surface area contributed by atoms with Gasteiger partial charge in [0.1, 0.15) is 28.8 Å². The maximum Gasteiger partial charge on any atom is 0.265 e. The average Bonchev–Trinajstić information content (AvgIpc) is 3.27. The molecule has 1 amide bonds. The third kappa shape index (κ3) is 3.93. The van der Waals surface area contributed by atoms with Crippen molar-refractivity contribution >= 4 is 23.4 Å². The molecule has 0 saturated carbocycles. The van der Waals surface area contributed by atoms with Crippen LogP contribution in [-0.4, -0.2) is 39.5 Å². The van der Waals surface area contributed by atoms with Crippen LogP contribution in [-0.2, 0) is 16.6 Å². The first kappa shape index (κ1) is 21.8. The number of aryl methyl sites for hydroxylation is 1. The summed E-state index contributed by atoms with van der Waals surface area (Å²) in [5, 5.41) is 14.9. The third-order valence-electron chi connectivity index (χ3n) is 5.56. The van der Waals surface area contributed by atoms with Crippen molar-refractivity contribution in [1.29, 1.82) is 0 Å². The van der Waals surface area contributed by atoms with Gasteiger partial charge in [-0.2, -0.15) is 5.10 Å². The fraction of sp³-hybridized carbons (Fsp3) is 0.400. The fourth-order valence-corrected chi connectivity index (χ4v) is 5.12. The van der Waals surface area contributed by atoms with Gasteiger partial charge in [-0.15, -0.1) is 11.8 Å². The van der Waals surface area contributed by atoms with Crippen LogP contribution in [0.4, 0.5) is 14.5 Å². The summed E-state index contributed by atoms with van der Waals surface area (Å²) in [6.45, 7) is 0.0368. The van der Waals surface area contributed by atoms with Gasteiger partial charge in [0.05, 0.1) is 35.9 Å². The quantitative estimate of drug-likeness (QED) is 0.649. The highest BCUT2D eigenvalue weighted by Crippen LogP contribution is 2.49. The Kier molecular flexibility index (Phi) is 6.02. The molecular weight excluding hydrogens is 428 g/mol. The third-order valence-corrected chi connectivity index (χ3v) is 6.62. The normalized spacial score (nSPS) is 26.6. The molecule has 4 rings (SSSR count). The molecule has 0 radical (unpaired) electrons. The molecule has 5 N–H and O–H groups in total. The summed E-state index contributed by atoms with van der Waals surface area (Å²) >= 11 is 1.08. The van der Waals surface area contributed by atoms with Gasteiger partial charge in [0.25, 0.3) is 5.91 Å². The highest BCUT2D eigenvalue weighted by Gasteiger charge is 2.39. The molecule has 2 aliphatic heterocycles. The molecule has 8 nitrogen and oxygen atoms in total. The summed E-state index contributed by atoms with van der Waals surface area (Å²) in [5.41, 5.74) is 12.5. The van der Waals surface area contributed by atoms with Gasteiger partial charge >= 0.3 is 0 Å². The Morgan fingerprint density at radius 2 is 2.03 bits per heavy atom. The lowest BCUT2D eigenvalue weighted by atomic mass is 10.0. The number of aromatic nitrogens is 2. The van der Waals surface area contributed by atoms with Crippen molar-refractivity contribution < 1.29 is 23.4 Å². The van der Waals surface area contributed by atoms with Crippen LogP contribution in [0.25, 0.3) is 0 Å². The zero-order valence-electron chi connectivity index (χ0n) is 16.7. The van der Waals surface area contributed by atoms with Crippen LogP contribution in [0.3, 0.4) is 0 Å². The maximum atomic E-state index is 14.6. The largest absolute Gasteiger partial charge is 0.389 e. The second-order valence-corrected chi connectivity index (χ2v) is 8.48. The second-order valence-electron chi connectivity index (χ2n) is 7.53. The number of rotatable bonds is 4. The Morgan fingerprint density at radius 1 is 1.32 bits per heavy atom. The number of carbonyl (C=O) groups excluding carboxylic acids is 1. The zero-order valence-corrected chi connectivity index (χ0v) is 17.6. The van der Waals surface area contributed by atoms with Gasteiger partial charge in [0.15, 0.2) is 0 Å². The Morgan fingerprint density at radius 3 is 2.71 bits per heavy atom. The number of ether oxygens (including phenoxy) is 1. The molecule has 0 spiro atoms. The number of aliphatic hydroxyl groups is 1. The number of hydrogen-bond donors (Lipinski definition) is 3. The number of amides is 1. The van der Waals surface area contributed by atoms with Crippen molar-refractivity contribution in [2.24, 2.45) is 18.5 Å². The number of aliphatic hydroxyl groups excluding tert-OH is 1. The number of thioether (sulfide) groups is 1. The molecule has 0 bridgehead atoms. The minimum Gasteiger partial charge on any atom is -0.389 e. The van der Waals surface area contributed by atoms with Crippen LogP contribution in [0, 0.1) is 11.6 Å². The molecule has 0 aliphatic carbocycles. The molecule has 166 valence electrons. The van der Waals surface area contributed by atoms with E-state index in [0.29, 0.717) is 24.2 Å². The topological polar surface area (TPSA) is 120 Å². The van der Waals surface area contributed by atoms with Gasteiger partial charge in [-0.25, -0.2) is 8.78 Å². The molecule has 11 heteroatoms. The summed E-state index contributed by atoms with van der Waals surface area (Å²) in [5.74, 6) is -2.19. The van der Waals surface area contributed by atoms with Crippen molar-refractivity contribution in [2.45, 2.75) is 36.5 Å². The minimum atomic E-state index is -0.898. The van der Waals surface area contributed by atoms with E-state index in [-0.39, 0.29) is 17.9 Å². The van der Waals surface area contributed by atoms with Crippen molar-refractivity contribution in [2.75, 3.05) is 11.5 Å². The van der Waals surface area contributed by atoms with Crippen molar-refractivity contribution in [3.05, 3.63) is 58.4 Å². The van der Waals surface area contributed by atoms with Gasteiger partial charge in [-0.1, -0.05) is 6.07 Å². The molecule has 1 fully saturated rings. The average molecular weight is 451 g/mol. The minimum absolute atomic E-state index is 0.0368. The molecule has 2 aromatic rings. The summed E-state index contributed by atoms with van der Waals surface area (Å²) in [7, 11) is 1.71. The number of carbonyl (C=O) groups is 1. The first-order valence-electron chi connectivity index (χ1n) is 9.75.